The molecule has 1 spiro atoms. The first kappa shape index (κ1) is 16.6. The van der Waals surface area contributed by atoms with Crippen molar-refractivity contribution in [1.82, 2.24) is 15.0 Å². The number of pyridine rings is 1. The molecule has 4 rings (SSSR count). The molecule has 1 atom stereocenters. The van der Waals surface area contributed by atoms with E-state index in [9.17, 15) is 9.59 Å². The predicted molar refractivity (Wildman–Crippen MR) is 91.8 cm³/mol. The molecule has 0 aromatic carbocycles. The maximum atomic E-state index is 13.1. The van der Waals surface area contributed by atoms with Crippen molar-refractivity contribution in [2.24, 2.45) is 5.41 Å². The fourth-order valence-corrected chi connectivity index (χ4v) is 3.88. The van der Waals surface area contributed by atoms with Crippen LogP contribution in [0.4, 0.5) is 5.69 Å². The van der Waals surface area contributed by atoms with Gasteiger partial charge in [0.1, 0.15) is 0 Å². The normalized spacial score (nSPS) is 22.9. The van der Waals surface area contributed by atoms with E-state index in [1.54, 1.807) is 22.2 Å². The molecule has 2 fully saturated rings. The van der Waals surface area contributed by atoms with Crippen molar-refractivity contribution in [3.63, 3.8) is 0 Å². The molecule has 8 heteroatoms. The molecule has 2 aliphatic heterocycles. The molecule has 0 saturated carbocycles. The average molecular weight is 356 g/mol. The summed E-state index contributed by atoms with van der Waals surface area (Å²) in [5.41, 5.74) is 0.270. The zero-order valence-electron chi connectivity index (χ0n) is 14.6. The Morgan fingerprint density at radius 1 is 1.35 bits per heavy atom. The van der Waals surface area contributed by atoms with Crippen molar-refractivity contribution in [3.05, 3.63) is 36.4 Å². The standard InChI is InChI=1S/C18H20N4O4/c1-25-15-10-14(26-20-15)16(23)21-8-3-5-18(12-21)6-9-22(17(18)24)13-4-2-7-19-11-13/h2,4,7,10-11H,3,5-6,8-9,12H2,1H3. The van der Waals surface area contributed by atoms with Crippen molar-refractivity contribution >= 4 is 17.5 Å². The lowest BCUT2D eigenvalue weighted by molar-refractivity contribution is -0.127. The van der Waals surface area contributed by atoms with Gasteiger partial charge in [-0.3, -0.25) is 14.6 Å². The summed E-state index contributed by atoms with van der Waals surface area (Å²) in [4.78, 5) is 33.4. The highest BCUT2D eigenvalue weighted by Gasteiger charge is 2.50. The number of methoxy groups -OCH3 is 1. The molecule has 0 N–H and O–H groups in total. The van der Waals surface area contributed by atoms with Gasteiger partial charge in [0, 0.05) is 25.8 Å². The first-order valence-electron chi connectivity index (χ1n) is 8.65. The van der Waals surface area contributed by atoms with Crippen molar-refractivity contribution in [2.45, 2.75) is 19.3 Å². The number of aromatic nitrogens is 2. The van der Waals surface area contributed by atoms with Crippen LogP contribution in [0.2, 0.25) is 0 Å². The maximum Gasteiger partial charge on any atom is 0.292 e. The van der Waals surface area contributed by atoms with Gasteiger partial charge in [0.25, 0.3) is 11.8 Å². The van der Waals surface area contributed by atoms with E-state index in [1.807, 2.05) is 12.1 Å². The number of likely N-dealkylation sites (tertiary alicyclic amines) is 1. The zero-order chi connectivity index (χ0) is 18.1. The third-order valence-corrected chi connectivity index (χ3v) is 5.24. The van der Waals surface area contributed by atoms with Gasteiger partial charge in [-0.05, 0) is 36.6 Å². The molecular weight excluding hydrogens is 336 g/mol. The Morgan fingerprint density at radius 3 is 2.96 bits per heavy atom. The first-order valence-corrected chi connectivity index (χ1v) is 8.65. The molecule has 2 saturated heterocycles. The number of hydrogen-bond acceptors (Lipinski definition) is 6. The number of hydrogen-bond donors (Lipinski definition) is 0. The van der Waals surface area contributed by atoms with Crippen LogP contribution in [-0.2, 0) is 4.79 Å². The quantitative estimate of drug-likeness (QED) is 0.832. The Morgan fingerprint density at radius 2 is 2.23 bits per heavy atom. The monoisotopic (exact) mass is 356 g/mol. The van der Waals surface area contributed by atoms with Crippen LogP contribution >= 0.6 is 0 Å². The molecule has 2 aromatic heterocycles. The Kier molecular flexibility index (Phi) is 4.10. The van der Waals surface area contributed by atoms with Crippen LogP contribution < -0.4 is 9.64 Å². The number of nitrogens with zero attached hydrogens (tertiary/aromatic N) is 4. The van der Waals surface area contributed by atoms with Crippen LogP contribution in [0.25, 0.3) is 0 Å². The number of amides is 2. The van der Waals surface area contributed by atoms with Gasteiger partial charge in [-0.2, -0.15) is 0 Å². The summed E-state index contributed by atoms with van der Waals surface area (Å²) in [6.45, 7) is 1.64. The SMILES string of the molecule is COc1cc(C(=O)N2CCCC3(CCN(c4cccnc4)C3=O)C2)on1. The van der Waals surface area contributed by atoms with Crippen LogP contribution in [-0.4, -0.2) is 53.6 Å². The van der Waals surface area contributed by atoms with E-state index in [0.29, 0.717) is 19.6 Å². The highest BCUT2D eigenvalue weighted by Crippen LogP contribution is 2.42. The smallest absolute Gasteiger partial charge is 0.292 e. The summed E-state index contributed by atoms with van der Waals surface area (Å²) in [5, 5.41) is 3.68. The molecular formula is C18H20N4O4. The molecule has 26 heavy (non-hydrogen) atoms. The van der Waals surface area contributed by atoms with Gasteiger partial charge in [-0.1, -0.05) is 0 Å². The summed E-state index contributed by atoms with van der Waals surface area (Å²) < 4.78 is 10.0. The Balaban J connectivity index is 1.53. The van der Waals surface area contributed by atoms with E-state index in [4.69, 9.17) is 9.26 Å². The number of ether oxygens (including phenoxy) is 1. The first-order chi connectivity index (χ1) is 12.6. The zero-order valence-corrected chi connectivity index (χ0v) is 14.6. The molecule has 4 heterocycles. The predicted octanol–water partition coefficient (Wildman–Crippen LogP) is 1.74. The van der Waals surface area contributed by atoms with Crippen LogP contribution in [0.3, 0.4) is 0 Å². The second-order valence-electron chi connectivity index (χ2n) is 6.76. The summed E-state index contributed by atoms with van der Waals surface area (Å²) in [6.07, 6.45) is 5.68. The lowest BCUT2D eigenvalue weighted by Gasteiger charge is -2.38. The molecule has 0 bridgehead atoms. The third-order valence-electron chi connectivity index (χ3n) is 5.24. The average Bonchev–Trinajstić information content (AvgIpc) is 3.28. The highest BCUT2D eigenvalue weighted by molar-refractivity contribution is 6.00. The fraction of sp³-hybridized carbons (Fsp3) is 0.444. The highest BCUT2D eigenvalue weighted by atomic mass is 16.5. The summed E-state index contributed by atoms with van der Waals surface area (Å²) in [7, 11) is 1.46. The van der Waals surface area contributed by atoms with E-state index in [0.717, 1.165) is 24.9 Å². The van der Waals surface area contributed by atoms with Crippen molar-refractivity contribution < 1.29 is 18.8 Å². The molecule has 0 aliphatic carbocycles. The van der Waals surface area contributed by atoms with Gasteiger partial charge < -0.3 is 19.1 Å². The van der Waals surface area contributed by atoms with E-state index in [-0.39, 0.29) is 23.5 Å². The van der Waals surface area contributed by atoms with Gasteiger partial charge in [0.05, 0.1) is 30.5 Å². The topological polar surface area (TPSA) is 88.8 Å². The van der Waals surface area contributed by atoms with E-state index < -0.39 is 5.41 Å². The summed E-state index contributed by atoms with van der Waals surface area (Å²) in [5.74, 6) is 0.207. The molecule has 2 amide bonds. The van der Waals surface area contributed by atoms with Crippen LogP contribution in [0.5, 0.6) is 5.88 Å². The largest absolute Gasteiger partial charge is 0.479 e. The minimum Gasteiger partial charge on any atom is -0.479 e. The number of rotatable bonds is 3. The van der Waals surface area contributed by atoms with E-state index in [2.05, 4.69) is 10.1 Å². The molecule has 2 aliphatic rings. The third kappa shape index (κ3) is 2.71. The lowest BCUT2D eigenvalue weighted by atomic mass is 9.78. The maximum absolute atomic E-state index is 13.1. The minimum absolute atomic E-state index is 0.0677. The Hall–Kier alpha value is -2.90. The van der Waals surface area contributed by atoms with Crippen molar-refractivity contribution in [1.29, 1.82) is 0 Å². The minimum atomic E-state index is -0.534. The molecule has 1 unspecified atom stereocenters. The summed E-state index contributed by atoms with van der Waals surface area (Å²) >= 11 is 0. The van der Waals surface area contributed by atoms with Crippen LogP contribution in [0.1, 0.15) is 29.8 Å². The van der Waals surface area contributed by atoms with Gasteiger partial charge >= 0.3 is 0 Å². The van der Waals surface area contributed by atoms with Crippen LogP contribution in [0, 0.1) is 5.41 Å². The fourth-order valence-electron chi connectivity index (χ4n) is 3.88. The van der Waals surface area contributed by atoms with Gasteiger partial charge in [0.15, 0.2) is 0 Å². The number of piperidine rings is 1. The van der Waals surface area contributed by atoms with E-state index in [1.165, 1.54) is 13.2 Å². The number of anilines is 1. The second-order valence-corrected chi connectivity index (χ2v) is 6.76. The van der Waals surface area contributed by atoms with E-state index >= 15 is 0 Å². The van der Waals surface area contributed by atoms with Gasteiger partial charge in [-0.15, -0.1) is 0 Å². The molecule has 0 radical (unpaired) electrons. The van der Waals surface area contributed by atoms with Gasteiger partial charge in [-0.25, -0.2) is 0 Å². The van der Waals surface area contributed by atoms with Crippen molar-refractivity contribution in [3.8, 4) is 5.88 Å². The van der Waals surface area contributed by atoms with Crippen LogP contribution in [0.15, 0.2) is 35.1 Å². The summed E-state index contributed by atoms with van der Waals surface area (Å²) in [6, 6.07) is 5.18. The molecule has 136 valence electrons. The number of carbonyl (C=O) groups excluding carboxylic acids is 2. The molecule has 8 nitrogen and oxygen atoms in total. The second kappa shape index (κ2) is 6.44. The Labute approximate surface area is 150 Å². The lowest BCUT2D eigenvalue weighted by Crippen LogP contribution is -2.49. The van der Waals surface area contributed by atoms with Gasteiger partial charge in [0.2, 0.25) is 11.7 Å². The Bertz CT molecular complexity index is 822. The van der Waals surface area contributed by atoms with Crippen molar-refractivity contribution in [2.75, 3.05) is 31.6 Å². The number of carbonyl (C=O) groups is 2. The molecule has 2 aromatic rings.